The number of nitrogens with one attached hydrogen (secondary N) is 2. The Morgan fingerprint density at radius 1 is 1.45 bits per heavy atom. The number of hydrogen-bond acceptors (Lipinski definition) is 4. The van der Waals surface area contributed by atoms with Crippen molar-refractivity contribution in [1.29, 1.82) is 0 Å². The Morgan fingerprint density at radius 3 is 2.95 bits per heavy atom. The third-order valence-electron chi connectivity index (χ3n) is 4.89. The summed E-state index contributed by atoms with van der Waals surface area (Å²) in [6, 6.07) is 0.411. The normalized spacial score (nSPS) is 32.4. The first-order valence-corrected chi connectivity index (χ1v) is 7.50. The average molecular weight is 277 g/mol. The van der Waals surface area contributed by atoms with Crippen molar-refractivity contribution in [2.24, 2.45) is 17.8 Å². The molecule has 20 heavy (non-hydrogen) atoms. The molecule has 0 bridgehead atoms. The quantitative estimate of drug-likeness (QED) is 0.881. The Balaban J connectivity index is 1.59. The Hall–Kier alpha value is -1.36. The minimum Gasteiger partial charge on any atom is -0.361 e. The van der Waals surface area contributed by atoms with Gasteiger partial charge in [-0.05, 0) is 51.0 Å². The molecule has 5 nitrogen and oxygen atoms in total. The van der Waals surface area contributed by atoms with Crippen LogP contribution in [0, 0.1) is 31.6 Å². The number of amides is 1. The Bertz CT molecular complexity index is 492. The molecule has 5 heteroatoms. The summed E-state index contributed by atoms with van der Waals surface area (Å²) in [5.74, 6) is 2.86. The van der Waals surface area contributed by atoms with E-state index in [0.29, 0.717) is 29.6 Å². The molecule has 1 aromatic rings. The number of rotatable bonds is 3. The molecular weight excluding hydrogens is 254 g/mol. The third-order valence-corrected chi connectivity index (χ3v) is 4.89. The monoisotopic (exact) mass is 277 g/mol. The van der Waals surface area contributed by atoms with E-state index in [0.717, 1.165) is 24.3 Å². The lowest BCUT2D eigenvalue weighted by Gasteiger charge is -2.19. The number of carbonyl (C=O) groups is 1. The van der Waals surface area contributed by atoms with Gasteiger partial charge < -0.3 is 15.2 Å². The SMILES string of the molecule is Cc1noc(C)c1C(=O)NC[C@H]1NC[C@@H]2CC(C)C[C@@H]21. The number of carbonyl (C=O) groups excluding carboxylic acids is 1. The van der Waals surface area contributed by atoms with Crippen LogP contribution in [0.5, 0.6) is 0 Å². The number of aryl methyl sites for hydroxylation is 2. The van der Waals surface area contributed by atoms with Gasteiger partial charge in [0.2, 0.25) is 0 Å². The van der Waals surface area contributed by atoms with Gasteiger partial charge in [-0.3, -0.25) is 4.79 Å². The van der Waals surface area contributed by atoms with Crippen molar-refractivity contribution in [2.45, 2.75) is 39.7 Å². The van der Waals surface area contributed by atoms with Crippen LogP contribution in [0.15, 0.2) is 4.52 Å². The van der Waals surface area contributed by atoms with Crippen LogP contribution in [0.3, 0.4) is 0 Å². The molecule has 1 unspecified atom stereocenters. The van der Waals surface area contributed by atoms with Crippen LogP contribution in [-0.4, -0.2) is 30.2 Å². The lowest BCUT2D eigenvalue weighted by molar-refractivity contribution is 0.0945. The third kappa shape index (κ3) is 2.35. The molecule has 0 aromatic carbocycles. The standard InChI is InChI=1S/C15H23N3O2/c1-8-4-11-6-16-13(12(11)5-8)7-17-15(19)14-9(2)18-20-10(14)3/h8,11-13,16H,4-7H2,1-3H3,(H,17,19)/t8?,11-,12-,13+/m0/s1. The highest BCUT2D eigenvalue weighted by Crippen LogP contribution is 2.40. The van der Waals surface area contributed by atoms with Gasteiger partial charge in [0.1, 0.15) is 11.3 Å². The van der Waals surface area contributed by atoms with E-state index in [1.165, 1.54) is 12.8 Å². The number of aromatic nitrogens is 1. The maximum atomic E-state index is 12.2. The molecule has 110 valence electrons. The lowest BCUT2D eigenvalue weighted by atomic mass is 9.94. The van der Waals surface area contributed by atoms with Crippen molar-refractivity contribution in [3.05, 3.63) is 17.0 Å². The first kappa shape index (κ1) is 13.6. The van der Waals surface area contributed by atoms with Crippen LogP contribution < -0.4 is 10.6 Å². The summed E-state index contributed by atoms with van der Waals surface area (Å²) in [6.07, 6.45) is 2.61. The van der Waals surface area contributed by atoms with Crippen LogP contribution in [-0.2, 0) is 0 Å². The predicted molar refractivity (Wildman–Crippen MR) is 75.5 cm³/mol. The van der Waals surface area contributed by atoms with Crippen molar-refractivity contribution >= 4 is 5.91 Å². The second-order valence-electron chi connectivity index (χ2n) is 6.42. The first-order valence-electron chi connectivity index (χ1n) is 7.50. The largest absolute Gasteiger partial charge is 0.361 e. The topological polar surface area (TPSA) is 67.2 Å². The first-order chi connectivity index (χ1) is 9.56. The molecule has 1 aromatic heterocycles. The minimum atomic E-state index is -0.0717. The van der Waals surface area contributed by atoms with E-state index in [2.05, 4.69) is 22.7 Å². The maximum absolute atomic E-state index is 12.2. The number of hydrogen-bond donors (Lipinski definition) is 2. The van der Waals surface area contributed by atoms with Crippen molar-refractivity contribution in [3.63, 3.8) is 0 Å². The van der Waals surface area contributed by atoms with Gasteiger partial charge in [-0.1, -0.05) is 12.1 Å². The fraction of sp³-hybridized carbons (Fsp3) is 0.733. The molecule has 2 heterocycles. The summed E-state index contributed by atoms with van der Waals surface area (Å²) in [4.78, 5) is 12.2. The zero-order valence-electron chi connectivity index (χ0n) is 12.4. The van der Waals surface area contributed by atoms with Gasteiger partial charge in [-0.25, -0.2) is 0 Å². The molecule has 0 radical (unpaired) electrons. The molecule has 1 aliphatic heterocycles. The second kappa shape index (κ2) is 5.20. The van der Waals surface area contributed by atoms with E-state index in [1.807, 2.05) is 0 Å². The Labute approximate surface area is 119 Å². The fourth-order valence-corrected chi connectivity index (χ4v) is 3.95. The highest BCUT2D eigenvalue weighted by atomic mass is 16.5. The molecule has 2 N–H and O–H groups in total. The molecule has 2 fully saturated rings. The van der Waals surface area contributed by atoms with Gasteiger partial charge in [-0.15, -0.1) is 0 Å². The fourth-order valence-electron chi connectivity index (χ4n) is 3.95. The molecule has 0 spiro atoms. The molecule has 3 rings (SSSR count). The van der Waals surface area contributed by atoms with E-state index < -0.39 is 0 Å². The number of nitrogens with zero attached hydrogens (tertiary/aromatic N) is 1. The van der Waals surface area contributed by atoms with Gasteiger partial charge in [0, 0.05) is 12.6 Å². The molecule has 2 aliphatic rings. The van der Waals surface area contributed by atoms with Crippen molar-refractivity contribution in [2.75, 3.05) is 13.1 Å². The molecule has 1 saturated heterocycles. The number of fused-ring (bicyclic) bond motifs is 1. The summed E-state index contributed by atoms with van der Waals surface area (Å²) in [6.45, 7) is 7.70. The van der Waals surface area contributed by atoms with Crippen molar-refractivity contribution < 1.29 is 9.32 Å². The summed E-state index contributed by atoms with van der Waals surface area (Å²) in [5.41, 5.74) is 1.24. The smallest absolute Gasteiger partial charge is 0.256 e. The predicted octanol–water partition coefficient (Wildman–Crippen LogP) is 1.66. The van der Waals surface area contributed by atoms with Crippen LogP contribution in [0.2, 0.25) is 0 Å². The van der Waals surface area contributed by atoms with E-state index >= 15 is 0 Å². The summed E-state index contributed by atoms with van der Waals surface area (Å²) in [5, 5.41) is 10.4. The van der Waals surface area contributed by atoms with Gasteiger partial charge >= 0.3 is 0 Å². The summed E-state index contributed by atoms with van der Waals surface area (Å²) < 4.78 is 5.05. The maximum Gasteiger partial charge on any atom is 0.256 e. The summed E-state index contributed by atoms with van der Waals surface area (Å²) in [7, 11) is 0. The molecular formula is C15H23N3O2. The molecule has 1 saturated carbocycles. The highest BCUT2D eigenvalue weighted by molar-refractivity contribution is 5.96. The van der Waals surface area contributed by atoms with Gasteiger partial charge in [-0.2, -0.15) is 0 Å². The average Bonchev–Trinajstić information content (AvgIpc) is 3.02. The second-order valence-corrected chi connectivity index (χ2v) is 6.42. The Morgan fingerprint density at radius 2 is 2.25 bits per heavy atom. The molecule has 1 amide bonds. The summed E-state index contributed by atoms with van der Waals surface area (Å²) >= 11 is 0. The van der Waals surface area contributed by atoms with E-state index in [9.17, 15) is 4.79 Å². The van der Waals surface area contributed by atoms with Crippen LogP contribution in [0.1, 0.15) is 41.6 Å². The zero-order chi connectivity index (χ0) is 14.3. The molecule has 4 atom stereocenters. The molecule has 1 aliphatic carbocycles. The van der Waals surface area contributed by atoms with Crippen molar-refractivity contribution in [3.8, 4) is 0 Å². The van der Waals surface area contributed by atoms with Gasteiger partial charge in [0.15, 0.2) is 0 Å². The van der Waals surface area contributed by atoms with Gasteiger partial charge in [0.25, 0.3) is 5.91 Å². The van der Waals surface area contributed by atoms with E-state index in [1.54, 1.807) is 13.8 Å². The van der Waals surface area contributed by atoms with Crippen LogP contribution in [0.4, 0.5) is 0 Å². The Kier molecular flexibility index (Phi) is 3.54. The zero-order valence-corrected chi connectivity index (χ0v) is 12.4. The minimum absolute atomic E-state index is 0.0717. The van der Waals surface area contributed by atoms with Gasteiger partial charge in [0.05, 0.1) is 5.69 Å². The van der Waals surface area contributed by atoms with E-state index in [-0.39, 0.29) is 5.91 Å². The lowest BCUT2D eigenvalue weighted by Crippen LogP contribution is -2.40. The van der Waals surface area contributed by atoms with Crippen LogP contribution >= 0.6 is 0 Å². The van der Waals surface area contributed by atoms with Crippen LogP contribution in [0.25, 0.3) is 0 Å². The van der Waals surface area contributed by atoms with Crippen molar-refractivity contribution in [1.82, 2.24) is 15.8 Å². The van der Waals surface area contributed by atoms with E-state index in [4.69, 9.17) is 4.52 Å². The highest BCUT2D eigenvalue weighted by Gasteiger charge is 2.41.